The molecule has 96 valence electrons. The van der Waals surface area contributed by atoms with Crippen LogP contribution >= 0.6 is 11.3 Å². The first kappa shape index (κ1) is 11.9. The first-order chi connectivity index (χ1) is 9.31. The highest BCUT2D eigenvalue weighted by Gasteiger charge is 2.09. The number of pyridine rings is 1. The van der Waals surface area contributed by atoms with E-state index in [0.717, 1.165) is 11.3 Å². The van der Waals surface area contributed by atoms with Gasteiger partial charge < -0.3 is 9.26 Å². The topological polar surface area (TPSA) is 61.0 Å². The zero-order chi connectivity index (χ0) is 13.1. The predicted molar refractivity (Wildman–Crippen MR) is 70.9 cm³/mol. The average molecular weight is 273 g/mol. The van der Waals surface area contributed by atoms with E-state index in [9.17, 15) is 0 Å². The molecule has 0 bridgehead atoms. The molecule has 19 heavy (non-hydrogen) atoms. The number of thiophene rings is 1. The minimum atomic E-state index is 0.238. The molecule has 0 saturated heterocycles. The van der Waals surface area contributed by atoms with Crippen molar-refractivity contribution in [1.29, 1.82) is 0 Å². The number of hydrogen-bond acceptors (Lipinski definition) is 6. The predicted octanol–water partition coefficient (Wildman–Crippen LogP) is 3.08. The summed E-state index contributed by atoms with van der Waals surface area (Å²) in [6.07, 6.45) is 1.67. The Bertz CT molecular complexity index is 647. The molecule has 0 saturated carbocycles. The van der Waals surface area contributed by atoms with E-state index in [1.165, 1.54) is 0 Å². The van der Waals surface area contributed by atoms with Gasteiger partial charge in [0.2, 0.25) is 5.82 Å². The maximum Gasteiger partial charge on any atom is 0.264 e. The fourth-order valence-corrected chi connectivity index (χ4v) is 2.14. The zero-order valence-electron chi connectivity index (χ0n) is 10.2. The summed E-state index contributed by atoms with van der Waals surface area (Å²) in [4.78, 5) is 8.42. The van der Waals surface area contributed by atoms with Crippen LogP contribution in [-0.4, -0.2) is 15.1 Å². The second kappa shape index (κ2) is 5.19. The Labute approximate surface area is 113 Å². The second-order valence-corrected chi connectivity index (χ2v) is 4.73. The Morgan fingerprint density at radius 1 is 1.32 bits per heavy atom. The van der Waals surface area contributed by atoms with E-state index < -0.39 is 0 Å². The molecule has 5 nitrogen and oxygen atoms in total. The third-order valence-electron chi connectivity index (χ3n) is 2.49. The molecule has 6 heteroatoms. The summed E-state index contributed by atoms with van der Waals surface area (Å²) in [6, 6.07) is 5.70. The van der Waals surface area contributed by atoms with Gasteiger partial charge in [0.05, 0.1) is 6.20 Å². The number of hydrogen-bond donors (Lipinski definition) is 0. The van der Waals surface area contributed by atoms with Crippen LogP contribution in [0, 0.1) is 6.92 Å². The molecule has 3 rings (SSSR count). The molecule has 0 radical (unpaired) electrons. The van der Waals surface area contributed by atoms with Gasteiger partial charge in [-0.3, -0.25) is 4.98 Å². The molecule has 0 aliphatic rings. The molecule has 3 aromatic heterocycles. The molecule has 0 atom stereocenters. The lowest BCUT2D eigenvalue weighted by atomic mass is 10.3. The van der Waals surface area contributed by atoms with Crippen LogP contribution < -0.4 is 4.74 Å². The van der Waals surface area contributed by atoms with E-state index in [0.29, 0.717) is 17.5 Å². The second-order valence-electron chi connectivity index (χ2n) is 3.95. The number of aromatic nitrogens is 3. The number of aryl methyl sites for hydroxylation is 1. The summed E-state index contributed by atoms with van der Waals surface area (Å²) in [6.45, 7) is 2.16. The van der Waals surface area contributed by atoms with Crippen LogP contribution in [-0.2, 0) is 6.61 Å². The molecule has 0 amide bonds. The fraction of sp³-hybridized carbons (Fsp3) is 0.154. The summed E-state index contributed by atoms with van der Waals surface area (Å²) in [7, 11) is 0. The molecule has 0 unspecified atom stereocenters. The van der Waals surface area contributed by atoms with E-state index in [-0.39, 0.29) is 6.61 Å². The molecule has 0 spiro atoms. The van der Waals surface area contributed by atoms with Crippen molar-refractivity contribution < 1.29 is 9.26 Å². The molecule has 0 aliphatic heterocycles. The van der Waals surface area contributed by atoms with Crippen LogP contribution in [0.5, 0.6) is 5.75 Å². The lowest BCUT2D eigenvalue weighted by Gasteiger charge is -2.01. The Morgan fingerprint density at radius 3 is 3.00 bits per heavy atom. The van der Waals surface area contributed by atoms with E-state index in [1.807, 2.05) is 35.9 Å². The van der Waals surface area contributed by atoms with Crippen LogP contribution in [0.25, 0.3) is 11.4 Å². The zero-order valence-corrected chi connectivity index (χ0v) is 11.1. The highest BCUT2D eigenvalue weighted by molar-refractivity contribution is 7.08. The van der Waals surface area contributed by atoms with Crippen LogP contribution in [0.4, 0.5) is 0 Å². The van der Waals surface area contributed by atoms with Crippen molar-refractivity contribution in [2.24, 2.45) is 0 Å². The van der Waals surface area contributed by atoms with Gasteiger partial charge in [0.25, 0.3) is 5.89 Å². The molecule has 3 heterocycles. The fourth-order valence-electron chi connectivity index (χ4n) is 1.51. The summed E-state index contributed by atoms with van der Waals surface area (Å²) in [5.74, 6) is 1.71. The van der Waals surface area contributed by atoms with Crippen LogP contribution in [0.3, 0.4) is 0 Å². The number of nitrogens with zero attached hydrogens (tertiary/aromatic N) is 3. The van der Waals surface area contributed by atoms with Gasteiger partial charge in [-0.1, -0.05) is 5.16 Å². The largest absolute Gasteiger partial charge is 0.482 e. The summed E-state index contributed by atoms with van der Waals surface area (Å²) >= 11 is 1.59. The van der Waals surface area contributed by atoms with Gasteiger partial charge in [-0.25, -0.2) is 0 Å². The number of ether oxygens (including phenoxy) is 1. The first-order valence-corrected chi connectivity index (χ1v) is 6.66. The first-order valence-electron chi connectivity index (χ1n) is 5.72. The summed E-state index contributed by atoms with van der Waals surface area (Å²) < 4.78 is 10.7. The quantitative estimate of drug-likeness (QED) is 0.731. The van der Waals surface area contributed by atoms with Gasteiger partial charge in [0.15, 0.2) is 6.61 Å². The van der Waals surface area contributed by atoms with Crippen molar-refractivity contribution in [2.45, 2.75) is 13.5 Å². The highest BCUT2D eigenvalue weighted by Crippen LogP contribution is 2.19. The summed E-state index contributed by atoms with van der Waals surface area (Å²) in [5.41, 5.74) is 1.90. The highest BCUT2D eigenvalue weighted by atomic mass is 32.1. The van der Waals surface area contributed by atoms with Crippen molar-refractivity contribution in [3.05, 3.63) is 46.7 Å². The molecule has 0 aromatic carbocycles. The Kier molecular flexibility index (Phi) is 3.24. The average Bonchev–Trinajstić information content (AvgIpc) is 3.09. The van der Waals surface area contributed by atoms with Gasteiger partial charge >= 0.3 is 0 Å². The minimum absolute atomic E-state index is 0.238. The van der Waals surface area contributed by atoms with Gasteiger partial charge in [-0.2, -0.15) is 16.3 Å². The van der Waals surface area contributed by atoms with Crippen LogP contribution in [0.2, 0.25) is 0 Å². The lowest BCUT2D eigenvalue weighted by molar-refractivity contribution is 0.242. The van der Waals surface area contributed by atoms with Crippen molar-refractivity contribution in [1.82, 2.24) is 15.1 Å². The minimum Gasteiger partial charge on any atom is -0.482 e. The Morgan fingerprint density at radius 2 is 2.26 bits per heavy atom. The molecule has 0 N–H and O–H groups in total. The molecular formula is C13H11N3O2S. The van der Waals surface area contributed by atoms with Crippen LogP contribution in [0.15, 0.2) is 39.7 Å². The number of rotatable bonds is 4. The maximum absolute atomic E-state index is 5.52. The molecule has 0 aliphatic carbocycles. The third kappa shape index (κ3) is 2.79. The van der Waals surface area contributed by atoms with Crippen molar-refractivity contribution in [2.75, 3.05) is 0 Å². The Balaban J connectivity index is 1.66. The van der Waals surface area contributed by atoms with Gasteiger partial charge in [-0.05, 0) is 30.5 Å². The standard InChI is InChI=1S/C13H11N3O2S/c1-9-2-3-11(6-14-9)17-7-12-15-13(16-18-12)10-4-5-19-8-10/h2-6,8H,7H2,1H3. The monoisotopic (exact) mass is 273 g/mol. The summed E-state index contributed by atoms with van der Waals surface area (Å²) in [5, 5.41) is 7.85. The van der Waals surface area contributed by atoms with E-state index >= 15 is 0 Å². The van der Waals surface area contributed by atoms with E-state index in [2.05, 4.69) is 15.1 Å². The van der Waals surface area contributed by atoms with Gasteiger partial charge in [0, 0.05) is 16.6 Å². The van der Waals surface area contributed by atoms with Crippen molar-refractivity contribution in [3.63, 3.8) is 0 Å². The maximum atomic E-state index is 5.52. The normalized spacial score (nSPS) is 10.6. The molecular weight excluding hydrogens is 262 g/mol. The van der Waals surface area contributed by atoms with Gasteiger partial charge in [-0.15, -0.1) is 0 Å². The van der Waals surface area contributed by atoms with E-state index in [4.69, 9.17) is 9.26 Å². The molecule has 0 fully saturated rings. The smallest absolute Gasteiger partial charge is 0.264 e. The van der Waals surface area contributed by atoms with Crippen molar-refractivity contribution >= 4 is 11.3 Å². The van der Waals surface area contributed by atoms with E-state index in [1.54, 1.807) is 17.5 Å². The SMILES string of the molecule is Cc1ccc(OCc2nc(-c3ccsc3)no2)cn1. The lowest BCUT2D eigenvalue weighted by Crippen LogP contribution is -1.96. The Hall–Kier alpha value is -2.21. The van der Waals surface area contributed by atoms with Gasteiger partial charge in [0.1, 0.15) is 5.75 Å². The molecule has 3 aromatic rings. The van der Waals surface area contributed by atoms with Crippen LogP contribution in [0.1, 0.15) is 11.6 Å². The van der Waals surface area contributed by atoms with Crippen molar-refractivity contribution in [3.8, 4) is 17.1 Å². The third-order valence-corrected chi connectivity index (χ3v) is 3.18.